The molecule has 92 valence electrons. The van der Waals surface area contributed by atoms with E-state index in [0.29, 0.717) is 11.5 Å². The Morgan fingerprint density at radius 1 is 1.22 bits per heavy atom. The monoisotopic (exact) mass is 239 g/mol. The molecule has 0 aliphatic rings. The fourth-order valence-corrected chi connectivity index (χ4v) is 1.30. The summed E-state index contributed by atoms with van der Waals surface area (Å²) in [5, 5.41) is 0. The molecule has 1 aromatic rings. The zero-order valence-electron chi connectivity index (χ0n) is 10.6. The van der Waals surface area contributed by atoms with E-state index >= 15 is 0 Å². The van der Waals surface area contributed by atoms with Gasteiger partial charge in [-0.3, -0.25) is 4.99 Å². The smallest absolute Gasteiger partial charge is 0.145 e. The zero-order valence-corrected chi connectivity index (χ0v) is 10.6. The molecule has 0 fully saturated rings. The van der Waals surface area contributed by atoms with Crippen molar-refractivity contribution in [3.05, 3.63) is 85.5 Å². The van der Waals surface area contributed by atoms with Gasteiger partial charge in [-0.05, 0) is 13.0 Å². The molecule has 1 aromatic carbocycles. The molecule has 0 saturated carbocycles. The van der Waals surface area contributed by atoms with Gasteiger partial charge in [-0.2, -0.15) is 0 Å². The summed E-state index contributed by atoms with van der Waals surface area (Å²) >= 11 is 0. The molecule has 0 aliphatic heterocycles. The molecule has 0 spiro atoms. The van der Waals surface area contributed by atoms with Gasteiger partial charge in [0.25, 0.3) is 0 Å². The van der Waals surface area contributed by atoms with Gasteiger partial charge in [0.2, 0.25) is 0 Å². The molecule has 0 heterocycles. The lowest BCUT2D eigenvalue weighted by Crippen LogP contribution is -2.04. The van der Waals surface area contributed by atoms with E-state index in [9.17, 15) is 0 Å². The number of rotatable bonds is 6. The molecule has 18 heavy (non-hydrogen) atoms. The topological polar surface area (TPSA) is 21.6 Å². The van der Waals surface area contributed by atoms with Crippen molar-refractivity contribution in [1.29, 1.82) is 0 Å². The molecule has 0 atom stereocenters. The van der Waals surface area contributed by atoms with Crippen molar-refractivity contribution in [3.8, 4) is 0 Å². The minimum atomic E-state index is 0.461. The van der Waals surface area contributed by atoms with E-state index in [1.807, 2.05) is 43.3 Å². The average Bonchev–Trinajstić information content (AvgIpc) is 2.35. The van der Waals surface area contributed by atoms with Crippen LogP contribution in [0.1, 0.15) is 12.5 Å². The molecular weight excluding hydrogens is 222 g/mol. The number of hydrogen-bond donors (Lipinski definition) is 0. The lowest BCUT2D eigenvalue weighted by molar-refractivity contribution is 0.381. The maximum Gasteiger partial charge on any atom is 0.145 e. The third-order valence-corrected chi connectivity index (χ3v) is 2.10. The van der Waals surface area contributed by atoms with Crippen LogP contribution in [-0.4, -0.2) is 5.71 Å². The van der Waals surface area contributed by atoms with Crippen LogP contribution in [0.4, 0.5) is 0 Å². The molecule has 0 bridgehead atoms. The first kappa shape index (κ1) is 13.7. The Morgan fingerprint density at radius 2 is 1.89 bits per heavy atom. The number of hydrogen-bond acceptors (Lipinski definition) is 2. The summed E-state index contributed by atoms with van der Waals surface area (Å²) < 4.78 is 5.20. The standard InChI is InChI=1S/C16H17NO/c1-5-18-14(4)16(17-12-11-13(2)3)15-9-7-6-8-10-15/h5-12H,1-2,4H2,3H3/b12-11-,17-16+. The summed E-state index contributed by atoms with van der Waals surface area (Å²) in [5.41, 5.74) is 2.55. The van der Waals surface area contributed by atoms with Crippen LogP contribution in [0.5, 0.6) is 0 Å². The van der Waals surface area contributed by atoms with Gasteiger partial charge >= 0.3 is 0 Å². The predicted octanol–water partition coefficient (Wildman–Crippen LogP) is 4.24. The fraction of sp³-hybridized carbons (Fsp3) is 0.0625. The lowest BCUT2D eigenvalue weighted by atomic mass is 10.1. The van der Waals surface area contributed by atoms with Crippen LogP contribution in [0.15, 0.2) is 84.9 Å². The summed E-state index contributed by atoms with van der Waals surface area (Å²) in [4.78, 5) is 4.36. The van der Waals surface area contributed by atoms with Gasteiger partial charge in [-0.25, -0.2) is 0 Å². The van der Waals surface area contributed by atoms with E-state index in [1.165, 1.54) is 6.26 Å². The molecule has 2 nitrogen and oxygen atoms in total. The average molecular weight is 239 g/mol. The van der Waals surface area contributed by atoms with Crippen LogP contribution in [-0.2, 0) is 4.74 Å². The first-order valence-electron chi connectivity index (χ1n) is 5.57. The van der Waals surface area contributed by atoms with Crippen molar-refractivity contribution in [2.45, 2.75) is 6.92 Å². The molecule has 0 unspecified atom stereocenters. The minimum Gasteiger partial charge on any atom is -0.464 e. The van der Waals surface area contributed by atoms with Crippen LogP contribution in [0, 0.1) is 0 Å². The van der Waals surface area contributed by atoms with Crippen molar-refractivity contribution in [2.24, 2.45) is 4.99 Å². The highest BCUT2D eigenvalue weighted by molar-refractivity contribution is 6.11. The quantitative estimate of drug-likeness (QED) is 0.413. The number of nitrogens with zero attached hydrogens (tertiary/aromatic N) is 1. The Balaban J connectivity index is 3.06. The molecule has 0 amide bonds. The van der Waals surface area contributed by atoms with Crippen molar-refractivity contribution >= 4 is 5.71 Å². The van der Waals surface area contributed by atoms with E-state index < -0.39 is 0 Å². The van der Waals surface area contributed by atoms with Crippen LogP contribution < -0.4 is 0 Å². The number of allylic oxidation sites excluding steroid dienone is 3. The summed E-state index contributed by atoms with van der Waals surface area (Å²) in [6.07, 6.45) is 4.84. The maximum absolute atomic E-state index is 5.20. The molecule has 0 aliphatic carbocycles. The molecule has 2 heteroatoms. The number of ether oxygens (including phenoxy) is 1. The van der Waals surface area contributed by atoms with Gasteiger partial charge < -0.3 is 4.74 Å². The number of aliphatic imine (C=N–C) groups is 1. The van der Waals surface area contributed by atoms with Gasteiger partial charge in [-0.15, -0.1) is 0 Å². The maximum atomic E-state index is 5.20. The van der Waals surface area contributed by atoms with Crippen molar-refractivity contribution in [3.63, 3.8) is 0 Å². The van der Waals surface area contributed by atoms with E-state index in [-0.39, 0.29) is 0 Å². The SMILES string of the molecule is C=COC(=C)/C(=N\C=C/C(=C)C)c1ccccc1. The van der Waals surface area contributed by atoms with E-state index in [4.69, 9.17) is 4.74 Å². The number of benzene rings is 1. The molecule has 0 saturated heterocycles. The summed E-state index contributed by atoms with van der Waals surface area (Å²) in [6, 6.07) is 9.72. The van der Waals surface area contributed by atoms with Gasteiger partial charge in [0, 0.05) is 11.8 Å². The first-order chi connectivity index (χ1) is 8.65. The predicted molar refractivity (Wildman–Crippen MR) is 77.4 cm³/mol. The van der Waals surface area contributed by atoms with Gasteiger partial charge in [0.15, 0.2) is 0 Å². The normalized spacial score (nSPS) is 11.3. The Labute approximate surface area is 108 Å². The van der Waals surface area contributed by atoms with E-state index in [2.05, 4.69) is 24.7 Å². The molecular formula is C16H17NO. The van der Waals surface area contributed by atoms with Gasteiger partial charge in [0.1, 0.15) is 11.5 Å². The second kappa shape index (κ2) is 7.07. The highest BCUT2D eigenvalue weighted by Crippen LogP contribution is 2.10. The molecule has 0 N–H and O–H groups in total. The van der Waals surface area contributed by atoms with Crippen LogP contribution in [0.3, 0.4) is 0 Å². The van der Waals surface area contributed by atoms with Crippen molar-refractivity contribution < 1.29 is 4.74 Å². The van der Waals surface area contributed by atoms with Gasteiger partial charge in [-0.1, -0.05) is 55.6 Å². The molecule has 0 radical (unpaired) electrons. The Morgan fingerprint density at radius 3 is 2.44 bits per heavy atom. The zero-order chi connectivity index (χ0) is 13.4. The molecule has 1 rings (SSSR count). The highest BCUT2D eigenvalue weighted by atomic mass is 16.5. The summed E-state index contributed by atoms with van der Waals surface area (Å²) in [7, 11) is 0. The first-order valence-corrected chi connectivity index (χ1v) is 5.57. The Bertz CT molecular complexity index is 495. The third-order valence-electron chi connectivity index (χ3n) is 2.10. The van der Waals surface area contributed by atoms with E-state index in [0.717, 1.165) is 11.1 Å². The summed E-state index contributed by atoms with van der Waals surface area (Å²) in [5.74, 6) is 0.461. The van der Waals surface area contributed by atoms with E-state index in [1.54, 1.807) is 6.20 Å². The van der Waals surface area contributed by atoms with Gasteiger partial charge in [0.05, 0.1) is 6.26 Å². The van der Waals surface area contributed by atoms with Crippen LogP contribution in [0.25, 0.3) is 0 Å². The summed E-state index contributed by atoms with van der Waals surface area (Å²) in [6.45, 7) is 13.0. The third kappa shape index (κ3) is 4.26. The van der Waals surface area contributed by atoms with Crippen LogP contribution in [0.2, 0.25) is 0 Å². The fourth-order valence-electron chi connectivity index (χ4n) is 1.30. The second-order valence-corrected chi connectivity index (χ2v) is 3.71. The lowest BCUT2D eigenvalue weighted by Gasteiger charge is -2.07. The largest absolute Gasteiger partial charge is 0.464 e. The minimum absolute atomic E-state index is 0.461. The van der Waals surface area contributed by atoms with Crippen molar-refractivity contribution in [1.82, 2.24) is 0 Å². The van der Waals surface area contributed by atoms with Crippen LogP contribution >= 0.6 is 0 Å². The Hall–Kier alpha value is -2.35. The second-order valence-electron chi connectivity index (χ2n) is 3.71. The highest BCUT2D eigenvalue weighted by Gasteiger charge is 2.07. The Kier molecular flexibility index (Phi) is 5.39. The van der Waals surface area contributed by atoms with Crippen molar-refractivity contribution in [2.75, 3.05) is 0 Å². The molecule has 0 aromatic heterocycles.